The molecule has 2 aromatic carbocycles. The second-order valence-corrected chi connectivity index (χ2v) is 5.05. The number of halogens is 1. The van der Waals surface area contributed by atoms with Crippen LogP contribution in [0.25, 0.3) is 0 Å². The number of ether oxygens (including phenoxy) is 1. The van der Waals surface area contributed by atoms with Gasteiger partial charge in [0.25, 0.3) is 0 Å². The summed E-state index contributed by atoms with van der Waals surface area (Å²) >= 11 is 3.41. The number of anilines is 1. The molecule has 4 heteroatoms. The molecule has 0 aliphatic rings. The van der Waals surface area contributed by atoms with Gasteiger partial charge < -0.3 is 10.5 Å². The lowest BCUT2D eigenvalue weighted by Crippen LogP contribution is -2.03. The number of rotatable bonds is 4. The summed E-state index contributed by atoms with van der Waals surface area (Å²) in [5.74, 6) is 0.820. The number of nitrogens with two attached hydrogens (primary N) is 1. The quantitative estimate of drug-likeness (QED) is 0.693. The predicted molar refractivity (Wildman–Crippen MR) is 79.6 cm³/mol. The second kappa shape index (κ2) is 5.89. The molecule has 0 bridgehead atoms. The molecule has 3 nitrogen and oxygen atoms in total. The largest absolute Gasteiger partial charge is 0.496 e. The van der Waals surface area contributed by atoms with Crippen LogP contribution in [0, 0.1) is 0 Å². The van der Waals surface area contributed by atoms with E-state index in [1.54, 1.807) is 31.4 Å². The highest BCUT2D eigenvalue weighted by Crippen LogP contribution is 2.26. The highest BCUT2D eigenvalue weighted by molar-refractivity contribution is 9.10. The Balaban J connectivity index is 2.14. The Morgan fingerprint density at radius 3 is 2.47 bits per heavy atom. The Morgan fingerprint density at radius 2 is 1.89 bits per heavy atom. The van der Waals surface area contributed by atoms with E-state index in [9.17, 15) is 4.79 Å². The van der Waals surface area contributed by atoms with Gasteiger partial charge in [-0.15, -0.1) is 0 Å². The fourth-order valence-corrected chi connectivity index (χ4v) is 2.36. The van der Waals surface area contributed by atoms with Gasteiger partial charge in [0, 0.05) is 17.7 Å². The first-order valence-corrected chi connectivity index (χ1v) is 6.60. The van der Waals surface area contributed by atoms with E-state index in [4.69, 9.17) is 10.5 Å². The van der Waals surface area contributed by atoms with Crippen molar-refractivity contribution < 1.29 is 9.53 Å². The van der Waals surface area contributed by atoms with Crippen LogP contribution in [0.15, 0.2) is 46.9 Å². The lowest BCUT2D eigenvalue weighted by Gasteiger charge is -2.06. The Labute approximate surface area is 120 Å². The minimum atomic E-state index is 0.0667. The highest BCUT2D eigenvalue weighted by Gasteiger charge is 2.08. The van der Waals surface area contributed by atoms with E-state index < -0.39 is 0 Å². The number of hydrogen-bond acceptors (Lipinski definition) is 3. The minimum Gasteiger partial charge on any atom is -0.496 e. The van der Waals surface area contributed by atoms with Gasteiger partial charge in [-0.25, -0.2) is 0 Å². The normalized spacial score (nSPS) is 10.2. The molecule has 0 aliphatic carbocycles. The van der Waals surface area contributed by atoms with Crippen LogP contribution in [0.2, 0.25) is 0 Å². The molecule has 2 rings (SSSR count). The van der Waals surface area contributed by atoms with E-state index in [2.05, 4.69) is 15.9 Å². The molecule has 0 spiro atoms. The maximum absolute atomic E-state index is 12.1. The molecular formula is C15H14BrNO2. The molecule has 0 unspecified atom stereocenters. The van der Waals surface area contributed by atoms with Crippen molar-refractivity contribution in [3.8, 4) is 5.75 Å². The van der Waals surface area contributed by atoms with Crippen molar-refractivity contribution in [1.82, 2.24) is 0 Å². The Bertz CT molecular complexity index is 594. The van der Waals surface area contributed by atoms with E-state index in [0.717, 1.165) is 15.8 Å². The molecule has 0 heterocycles. The van der Waals surface area contributed by atoms with Gasteiger partial charge in [0.2, 0.25) is 0 Å². The fourth-order valence-electron chi connectivity index (χ4n) is 1.78. The SMILES string of the molecule is COc1ccc(CC(=O)c2ccc(N)cc2)cc1Br. The molecule has 0 amide bonds. The van der Waals surface area contributed by atoms with Gasteiger partial charge >= 0.3 is 0 Å². The third-order valence-electron chi connectivity index (χ3n) is 2.81. The van der Waals surface area contributed by atoms with Gasteiger partial charge in [-0.2, -0.15) is 0 Å². The van der Waals surface area contributed by atoms with Crippen molar-refractivity contribution >= 4 is 27.4 Å². The van der Waals surface area contributed by atoms with E-state index in [1.807, 2.05) is 18.2 Å². The number of benzene rings is 2. The molecule has 0 atom stereocenters. The summed E-state index contributed by atoms with van der Waals surface area (Å²) in [6.07, 6.45) is 0.354. The van der Waals surface area contributed by atoms with E-state index in [-0.39, 0.29) is 5.78 Å². The number of nitrogen functional groups attached to an aromatic ring is 1. The van der Waals surface area contributed by atoms with Gasteiger partial charge in [-0.3, -0.25) is 4.79 Å². The van der Waals surface area contributed by atoms with E-state index >= 15 is 0 Å². The topological polar surface area (TPSA) is 52.3 Å². The number of carbonyl (C=O) groups is 1. The number of Topliss-reactive ketones (excluding diaryl/α,β-unsaturated/α-hetero) is 1. The van der Waals surface area contributed by atoms with Crippen molar-refractivity contribution in [3.05, 3.63) is 58.1 Å². The molecule has 0 radical (unpaired) electrons. The zero-order valence-corrected chi connectivity index (χ0v) is 12.1. The molecule has 0 fully saturated rings. The molecule has 0 aromatic heterocycles. The maximum Gasteiger partial charge on any atom is 0.167 e. The number of carbonyl (C=O) groups excluding carboxylic acids is 1. The first-order chi connectivity index (χ1) is 9.10. The van der Waals surface area contributed by atoms with Gasteiger partial charge in [0.1, 0.15) is 5.75 Å². The summed E-state index contributed by atoms with van der Waals surface area (Å²) in [4.78, 5) is 12.1. The fraction of sp³-hybridized carbons (Fsp3) is 0.133. The molecule has 0 saturated carbocycles. The molecule has 2 N–H and O–H groups in total. The third kappa shape index (κ3) is 3.35. The molecular weight excluding hydrogens is 306 g/mol. The average Bonchev–Trinajstić information content (AvgIpc) is 2.39. The molecule has 19 heavy (non-hydrogen) atoms. The summed E-state index contributed by atoms with van der Waals surface area (Å²) in [6.45, 7) is 0. The van der Waals surface area contributed by atoms with Crippen molar-refractivity contribution in [2.45, 2.75) is 6.42 Å². The predicted octanol–water partition coefficient (Wildman–Crippen LogP) is 3.47. The smallest absolute Gasteiger partial charge is 0.167 e. The van der Waals surface area contributed by atoms with E-state index in [1.165, 1.54) is 0 Å². The lowest BCUT2D eigenvalue weighted by atomic mass is 10.0. The summed E-state index contributed by atoms with van der Waals surface area (Å²) in [6, 6.07) is 12.6. The Kier molecular flexibility index (Phi) is 4.22. The number of hydrogen-bond donors (Lipinski definition) is 1. The Morgan fingerprint density at radius 1 is 1.21 bits per heavy atom. The zero-order chi connectivity index (χ0) is 13.8. The first kappa shape index (κ1) is 13.6. The van der Waals surface area contributed by atoms with Crippen LogP contribution in [0.4, 0.5) is 5.69 Å². The summed E-state index contributed by atoms with van der Waals surface area (Å²) in [7, 11) is 1.61. The number of methoxy groups -OCH3 is 1. The van der Waals surface area contributed by atoms with Crippen molar-refractivity contribution in [2.75, 3.05) is 12.8 Å². The second-order valence-electron chi connectivity index (χ2n) is 4.19. The van der Waals surface area contributed by atoms with Crippen LogP contribution >= 0.6 is 15.9 Å². The highest BCUT2D eigenvalue weighted by atomic mass is 79.9. The Hall–Kier alpha value is -1.81. The molecule has 2 aromatic rings. The van der Waals surface area contributed by atoms with Gasteiger partial charge in [-0.1, -0.05) is 6.07 Å². The molecule has 98 valence electrons. The van der Waals surface area contributed by atoms with Gasteiger partial charge in [-0.05, 0) is 57.9 Å². The van der Waals surface area contributed by atoms with Crippen LogP contribution in [0.5, 0.6) is 5.75 Å². The van der Waals surface area contributed by atoms with Crippen LogP contribution in [-0.2, 0) is 6.42 Å². The van der Waals surface area contributed by atoms with Crippen LogP contribution in [0.3, 0.4) is 0 Å². The monoisotopic (exact) mass is 319 g/mol. The lowest BCUT2D eigenvalue weighted by molar-refractivity contribution is 0.0993. The summed E-state index contributed by atoms with van der Waals surface area (Å²) in [5, 5.41) is 0. The minimum absolute atomic E-state index is 0.0667. The number of ketones is 1. The van der Waals surface area contributed by atoms with Crippen LogP contribution in [0.1, 0.15) is 15.9 Å². The van der Waals surface area contributed by atoms with E-state index in [0.29, 0.717) is 17.7 Å². The van der Waals surface area contributed by atoms with Crippen LogP contribution < -0.4 is 10.5 Å². The molecule has 0 aliphatic heterocycles. The average molecular weight is 320 g/mol. The summed E-state index contributed by atoms with van der Waals surface area (Å²) < 4.78 is 6.00. The third-order valence-corrected chi connectivity index (χ3v) is 3.43. The van der Waals surface area contributed by atoms with Gasteiger partial charge in [0.15, 0.2) is 5.78 Å². The van der Waals surface area contributed by atoms with Crippen LogP contribution in [-0.4, -0.2) is 12.9 Å². The van der Waals surface area contributed by atoms with Gasteiger partial charge in [0.05, 0.1) is 11.6 Å². The van der Waals surface area contributed by atoms with Crippen molar-refractivity contribution in [1.29, 1.82) is 0 Å². The van der Waals surface area contributed by atoms with Crippen molar-refractivity contribution in [2.24, 2.45) is 0 Å². The maximum atomic E-state index is 12.1. The van der Waals surface area contributed by atoms with Crippen molar-refractivity contribution in [3.63, 3.8) is 0 Å². The standard InChI is InChI=1S/C15H14BrNO2/c1-19-15-7-2-10(8-13(15)16)9-14(18)11-3-5-12(17)6-4-11/h2-8H,9,17H2,1H3. The molecule has 0 saturated heterocycles. The zero-order valence-electron chi connectivity index (χ0n) is 10.5. The first-order valence-electron chi connectivity index (χ1n) is 5.81. The summed E-state index contributed by atoms with van der Waals surface area (Å²) in [5.41, 5.74) is 7.86.